The predicted octanol–water partition coefficient (Wildman–Crippen LogP) is 6.65. The number of aromatic nitrogens is 3. The summed E-state index contributed by atoms with van der Waals surface area (Å²) in [6.07, 6.45) is 6.16. The molecule has 3 heterocycles. The molecular weight excluding hydrogens is 584 g/mol. The second-order valence-corrected chi connectivity index (χ2v) is 11.6. The van der Waals surface area contributed by atoms with E-state index in [0.717, 1.165) is 76.7 Å². The van der Waals surface area contributed by atoms with E-state index in [1.165, 1.54) is 11.8 Å². The molecule has 2 aromatic heterocycles. The molecule has 0 radical (unpaired) electrons. The van der Waals surface area contributed by atoms with Gasteiger partial charge in [0.25, 0.3) is 0 Å². The van der Waals surface area contributed by atoms with E-state index >= 15 is 0 Å². The molecule has 0 saturated carbocycles. The van der Waals surface area contributed by atoms with Crippen LogP contribution in [0, 0.1) is 11.3 Å². The summed E-state index contributed by atoms with van der Waals surface area (Å²) in [5.74, 6) is 1.35. The summed E-state index contributed by atoms with van der Waals surface area (Å²) in [7, 11) is 3.59. The number of nitriles is 1. The van der Waals surface area contributed by atoms with Gasteiger partial charge in [0.15, 0.2) is 16.7 Å². The lowest BCUT2D eigenvalue weighted by molar-refractivity contribution is 0.0357. The number of imidazole rings is 1. The number of pyridine rings is 1. The largest absolute Gasteiger partial charge is 0.493 e. The van der Waals surface area contributed by atoms with Crippen molar-refractivity contribution in [3.05, 3.63) is 71.6 Å². The molecular formula is C32H31ClN6O3S. The highest BCUT2D eigenvalue weighted by molar-refractivity contribution is 7.99. The number of nitrogens with one attached hydrogen (secondary N) is 1. The standard InChI is InChI=1S/C32H31ClN6O3S/c1-38-8-6-35-32(38)43-30-5-4-24(18-26(30)33)37-31-23(19-34)20-36-27-15-22-17-29(28(40-2)16-21(22)14-25(27)31)42-11-3-7-39-9-12-41-13-10-39/h4-6,8,14-18,20H,3,7,9-13H2,1-2H3,(H,36,37). The number of ether oxygens (including phenoxy) is 3. The van der Waals surface area contributed by atoms with Gasteiger partial charge < -0.3 is 24.1 Å². The minimum atomic E-state index is 0.432. The number of hydrogen-bond acceptors (Lipinski definition) is 9. The fraction of sp³-hybridized carbons (Fsp3) is 0.281. The van der Waals surface area contributed by atoms with Gasteiger partial charge in [0, 0.05) is 61.2 Å². The number of methoxy groups -OCH3 is 1. The zero-order valence-electron chi connectivity index (χ0n) is 24.0. The number of hydrogen-bond donors (Lipinski definition) is 1. The van der Waals surface area contributed by atoms with Crippen molar-refractivity contribution < 1.29 is 14.2 Å². The molecule has 0 amide bonds. The average Bonchev–Trinajstić information content (AvgIpc) is 3.43. The number of morpholine rings is 1. The molecule has 0 spiro atoms. The number of halogens is 1. The Morgan fingerprint density at radius 3 is 2.65 bits per heavy atom. The van der Waals surface area contributed by atoms with Gasteiger partial charge in [-0.2, -0.15) is 5.26 Å². The highest BCUT2D eigenvalue weighted by Gasteiger charge is 2.15. The van der Waals surface area contributed by atoms with Crippen LogP contribution >= 0.6 is 23.4 Å². The Morgan fingerprint density at radius 2 is 1.91 bits per heavy atom. The number of aryl methyl sites for hydroxylation is 1. The molecule has 3 aromatic carbocycles. The van der Waals surface area contributed by atoms with Crippen LogP contribution in [0.2, 0.25) is 5.02 Å². The molecule has 220 valence electrons. The van der Waals surface area contributed by atoms with Crippen molar-refractivity contribution in [3.8, 4) is 17.6 Å². The zero-order valence-corrected chi connectivity index (χ0v) is 25.5. The van der Waals surface area contributed by atoms with Gasteiger partial charge in [-0.3, -0.25) is 9.88 Å². The number of anilines is 2. The fourth-order valence-electron chi connectivity index (χ4n) is 5.09. The Hall–Kier alpha value is -4.01. The van der Waals surface area contributed by atoms with Crippen LogP contribution in [0.1, 0.15) is 12.0 Å². The lowest BCUT2D eigenvalue weighted by Crippen LogP contribution is -2.37. The highest BCUT2D eigenvalue weighted by atomic mass is 35.5. The third-order valence-corrected chi connectivity index (χ3v) is 8.97. The average molecular weight is 615 g/mol. The Balaban J connectivity index is 1.26. The van der Waals surface area contributed by atoms with Crippen molar-refractivity contribution in [1.29, 1.82) is 5.26 Å². The molecule has 1 N–H and O–H groups in total. The van der Waals surface area contributed by atoms with Crippen molar-refractivity contribution in [2.24, 2.45) is 7.05 Å². The second-order valence-electron chi connectivity index (χ2n) is 10.2. The van der Waals surface area contributed by atoms with Crippen LogP contribution in [0.15, 0.2) is 71.1 Å². The van der Waals surface area contributed by atoms with E-state index < -0.39 is 0 Å². The maximum absolute atomic E-state index is 9.93. The van der Waals surface area contributed by atoms with Crippen molar-refractivity contribution in [3.63, 3.8) is 0 Å². The molecule has 0 unspecified atom stereocenters. The Bertz CT molecular complexity index is 1820. The molecule has 6 rings (SSSR count). The molecule has 9 nitrogen and oxygen atoms in total. The van der Waals surface area contributed by atoms with Gasteiger partial charge in [0.2, 0.25) is 0 Å². The van der Waals surface area contributed by atoms with Gasteiger partial charge in [0.1, 0.15) is 6.07 Å². The van der Waals surface area contributed by atoms with Crippen molar-refractivity contribution in [2.75, 3.05) is 51.9 Å². The van der Waals surface area contributed by atoms with E-state index in [-0.39, 0.29) is 0 Å². The Labute approximate surface area is 259 Å². The van der Waals surface area contributed by atoms with E-state index in [1.54, 1.807) is 19.5 Å². The quantitative estimate of drug-likeness (QED) is 0.137. The first kappa shape index (κ1) is 29.1. The van der Waals surface area contributed by atoms with Gasteiger partial charge in [-0.15, -0.1) is 0 Å². The third-order valence-electron chi connectivity index (χ3n) is 7.39. The van der Waals surface area contributed by atoms with E-state index in [9.17, 15) is 5.26 Å². The van der Waals surface area contributed by atoms with Crippen LogP contribution < -0.4 is 14.8 Å². The lowest BCUT2D eigenvalue weighted by Gasteiger charge is -2.26. The normalized spacial score (nSPS) is 13.7. The van der Waals surface area contributed by atoms with Crippen LogP contribution in [0.25, 0.3) is 21.7 Å². The summed E-state index contributed by atoms with van der Waals surface area (Å²) in [4.78, 5) is 12.2. The minimum Gasteiger partial charge on any atom is -0.493 e. The van der Waals surface area contributed by atoms with Crippen LogP contribution in [0.4, 0.5) is 11.4 Å². The summed E-state index contributed by atoms with van der Waals surface area (Å²) < 4.78 is 19.2. The summed E-state index contributed by atoms with van der Waals surface area (Å²) >= 11 is 8.15. The Kier molecular flexibility index (Phi) is 8.86. The predicted molar refractivity (Wildman–Crippen MR) is 170 cm³/mol. The molecule has 5 aromatic rings. The molecule has 0 bridgehead atoms. The molecule has 1 aliphatic heterocycles. The van der Waals surface area contributed by atoms with E-state index in [2.05, 4.69) is 26.3 Å². The molecule has 1 fully saturated rings. The van der Waals surface area contributed by atoms with Gasteiger partial charge in [-0.05, 0) is 59.7 Å². The first-order valence-corrected chi connectivity index (χ1v) is 15.2. The molecule has 1 aliphatic rings. The molecule has 11 heteroatoms. The first-order chi connectivity index (χ1) is 21.0. The fourth-order valence-corrected chi connectivity index (χ4v) is 6.19. The summed E-state index contributed by atoms with van der Waals surface area (Å²) in [5.41, 5.74) is 2.61. The smallest absolute Gasteiger partial charge is 0.172 e. The maximum Gasteiger partial charge on any atom is 0.172 e. The van der Waals surface area contributed by atoms with Gasteiger partial charge in [-0.1, -0.05) is 23.4 Å². The van der Waals surface area contributed by atoms with Gasteiger partial charge in [-0.25, -0.2) is 4.98 Å². The summed E-state index contributed by atoms with van der Waals surface area (Å²) in [5, 5.41) is 17.5. The van der Waals surface area contributed by atoms with Gasteiger partial charge >= 0.3 is 0 Å². The highest BCUT2D eigenvalue weighted by Crippen LogP contribution is 2.39. The van der Waals surface area contributed by atoms with E-state index in [1.807, 2.05) is 60.3 Å². The zero-order chi connectivity index (χ0) is 29.8. The topological polar surface area (TPSA) is 97.5 Å². The number of benzene rings is 3. The van der Waals surface area contributed by atoms with Crippen LogP contribution in [0.5, 0.6) is 11.5 Å². The third kappa shape index (κ3) is 6.50. The number of fused-ring (bicyclic) bond motifs is 2. The molecule has 1 saturated heterocycles. The van der Waals surface area contributed by atoms with Crippen molar-refractivity contribution >= 4 is 56.4 Å². The van der Waals surface area contributed by atoms with E-state index in [0.29, 0.717) is 34.4 Å². The molecule has 43 heavy (non-hydrogen) atoms. The number of nitrogens with zero attached hydrogens (tertiary/aromatic N) is 5. The molecule has 0 aliphatic carbocycles. The van der Waals surface area contributed by atoms with Crippen LogP contribution in [-0.2, 0) is 11.8 Å². The lowest BCUT2D eigenvalue weighted by atomic mass is 10.0. The monoisotopic (exact) mass is 614 g/mol. The Morgan fingerprint density at radius 1 is 1.09 bits per heavy atom. The van der Waals surface area contributed by atoms with Crippen LogP contribution in [0.3, 0.4) is 0 Å². The second kappa shape index (κ2) is 13.1. The minimum absolute atomic E-state index is 0.432. The SMILES string of the molecule is COc1cc2cc3c(Nc4ccc(Sc5nccn5C)c(Cl)c4)c(C#N)cnc3cc2cc1OCCCN1CCOCC1. The van der Waals surface area contributed by atoms with Gasteiger partial charge in [0.05, 0.1) is 48.7 Å². The van der Waals surface area contributed by atoms with Crippen molar-refractivity contribution in [2.45, 2.75) is 16.5 Å². The summed E-state index contributed by atoms with van der Waals surface area (Å²) in [6, 6.07) is 16.0. The first-order valence-electron chi connectivity index (χ1n) is 14.0. The molecule has 0 atom stereocenters. The number of rotatable bonds is 10. The van der Waals surface area contributed by atoms with E-state index in [4.69, 9.17) is 25.8 Å². The van der Waals surface area contributed by atoms with Crippen molar-refractivity contribution in [1.82, 2.24) is 19.4 Å². The maximum atomic E-state index is 9.93. The summed E-state index contributed by atoms with van der Waals surface area (Å²) in [6.45, 7) is 5.08. The van der Waals surface area contributed by atoms with Crippen LogP contribution in [-0.4, -0.2) is 66.0 Å².